The molecule has 1 aromatic heterocycles. The fraction of sp³-hybridized carbons (Fsp3) is 0.182. The van der Waals surface area contributed by atoms with Gasteiger partial charge in [0.1, 0.15) is 11.6 Å². The smallest absolute Gasteiger partial charge is 0.295 e. The summed E-state index contributed by atoms with van der Waals surface area (Å²) in [5.74, 6) is -0.0417. The summed E-state index contributed by atoms with van der Waals surface area (Å²) in [6.45, 7) is 1.91. The number of aromatic amines is 1. The maximum Gasteiger partial charge on any atom is 0.295 e. The second-order valence-corrected chi connectivity index (χ2v) is 4.70. The van der Waals surface area contributed by atoms with Crippen molar-refractivity contribution in [2.24, 2.45) is 0 Å². The number of carbonyl (C=O) groups excluding carboxylic acids is 1. The molecule has 0 fully saturated rings. The zero-order chi connectivity index (χ0) is 13.1. The first-order valence-electron chi connectivity index (χ1n) is 5.28. The van der Waals surface area contributed by atoms with Gasteiger partial charge >= 0.3 is 0 Å². The molecule has 0 radical (unpaired) electrons. The molecule has 2 N–H and O–H groups in total. The number of carbonyl (C=O) groups is 1. The minimum atomic E-state index is -0.421. The number of rotatable bonds is 3. The number of amides is 1. The van der Waals surface area contributed by atoms with Crippen LogP contribution in [0.4, 0.5) is 10.1 Å². The Morgan fingerprint density at radius 3 is 2.94 bits per heavy atom. The molecule has 5 nitrogen and oxygen atoms in total. The zero-order valence-corrected chi connectivity index (χ0v) is 11.7. The molecule has 2 aromatic rings. The molecule has 0 atom stereocenters. The summed E-state index contributed by atoms with van der Waals surface area (Å²) in [5.41, 5.74) is 0.532. The van der Waals surface area contributed by atoms with Gasteiger partial charge in [-0.2, -0.15) is 0 Å². The molecule has 0 bridgehead atoms. The quantitative estimate of drug-likeness (QED) is 0.826. The van der Waals surface area contributed by atoms with E-state index in [2.05, 4.69) is 20.5 Å². The summed E-state index contributed by atoms with van der Waals surface area (Å²) >= 11 is 1.95. The van der Waals surface area contributed by atoms with Crippen LogP contribution in [0.2, 0.25) is 0 Å². The van der Waals surface area contributed by atoms with Crippen molar-refractivity contribution < 1.29 is 9.18 Å². The molecule has 0 aliphatic heterocycles. The number of nitrogens with zero attached hydrogens (tertiary/aromatic N) is 2. The van der Waals surface area contributed by atoms with Crippen LogP contribution in [0, 0.1) is 9.39 Å². The third-order valence-corrected chi connectivity index (χ3v) is 3.14. The highest BCUT2D eigenvalue weighted by Crippen LogP contribution is 2.19. The first-order chi connectivity index (χ1) is 8.60. The third kappa shape index (κ3) is 2.84. The lowest BCUT2D eigenvalue weighted by Gasteiger charge is -2.04. The maximum atomic E-state index is 12.9. The van der Waals surface area contributed by atoms with E-state index in [9.17, 15) is 9.18 Å². The average molecular weight is 360 g/mol. The number of hydrogen-bond acceptors (Lipinski definition) is 3. The lowest BCUT2D eigenvalue weighted by atomic mass is 10.3. The molecule has 2 rings (SSSR count). The maximum absolute atomic E-state index is 12.9. The molecule has 0 saturated carbocycles. The van der Waals surface area contributed by atoms with Crippen LogP contribution in [0.25, 0.3) is 0 Å². The van der Waals surface area contributed by atoms with Gasteiger partial charge in [0.2, 0.25) is 5.82 Å². The Bertz CT molecular complexity index is 584. The van der Waals surface area contributed by atoms with Crippen LogP contribution in [-0.2, 0) is 6.42 Å². The monoisotopic (exact) mass is 360 g/mol. The first-order valence-corrected chi connectivity index (χ1v) is 6.35. The molecule has 1 amide bonds. The van der Waals surface area contributed by atoms with Gasteiger partial charge in [-0.1, -0.05) is 6.92 Å². The van der Waals surface area contributed by atoms with Crippen LogP contribution in [-0.4, -0.2) is 21.1 Å². The minimum absolute atomic E-state index is 0.0759. The van der Waals surface area contributed by atoms with Crippen molar-refractivity contribution in [3.05, 3.63) is 39.2 Å². The van der Waals surface area contributed by atoms with E-state index in [1.807, 2.05) is 29.5 Å². The molecule has 0 spiro atoms. The van der Waals surface area contributed by atoms with E-state index in [4.69, 9.17) is 0 Å². The third-order valence-electron chi connectivity index (χ3n) is 2.25. The highest BCUT2D eigenvalue weighted by molar-refractivity contribution is 14.1. The largest absolute Gasteiger partial charge is 0.318 e. The summed E-state index contributed by atoms with van der Waals surface area (Å²) in [6, 6.07) is 4.13. The molecule has 1 aromatic carbocycles. The van der Waals surface area contributed by atoms with Crippen molar-refractivity contribution in [1.82, 2.24) is 15.2 Å². The summed E-state index contributed by atoms with van der Waals surface area (Å²) < 4.78 is 13.5. The topological polar surface area (TPSA) is 70.7 Å². The molecular weight excluding hydrogens is 350 g/mol. The van der Waals surface area contributed by atoms with Crippen molar-refractivity contribution in [2.75, 3.05) is 5.32 Å². The summed E-state index contributed by atoms with van der Waals surface area (Å²) in [7, 11) is 0. The second kappa shape index (κ2) is 5.42. The molecule has 1 heterocycles. The SMILES string of the molecule is CCc1nc(C(=O)Nc2ccc(F)cc2I)n[nH]1. The molecule has 0 aliphatic carbocycles. The van der Waals surface area contributed by atoms with E-state index in [1.165, 1.54) is 18.2 Å². The van der Waals surface area contributed by atoms with E-state index in [0.717, 1.165) is 0 Å². The highest BCUT2D eigenvalue weighted by atomic mass is 127. The number of benzene rings is 1. The molecule has 0 unspecified atom stereocenters. The number of H-pyrrole nitrogens is 1. The van der Waals surface area contributed by atoms with Crippen molar-refractivity contribution in [3.63, 3.8) is 0 Å². The van der Waals surface area contributed by atoms with E-state index >= 15 is 0 Å². The van der Waals surface area contributed by atoms with Gasteiger partial charge in [0.15, 0.2) is 0 Å². The molecular formula is C11H10FIN4O. The van der Waals surface area contributed by atoms with E-state index < -0.39 is 5.91 Å². The van der Waals surface area contributed by atoms with Crippen molar-refractivity contribution >= 4 is 34.2 Å². The highest BCUT2D eigenvalue weighted by Gasteiger charge is 2.13. The number of aromatic nitrogens is 3. The minimum Gasteiger partial charge on any atom is -0.318 e. The molecule has 0 saturated heterocycles. The van der Waals surface area contributed by atoms with E-state index in [0.29, 0.717) is 21.5 Å². The lowest BCUT2D eigenvalue weighted by Crippen LogP contribution is -2.14. The van der Waals surface area contributed by atoms with Crippen LogP contribution in [0.15, 0.2) is 18.2 Å². The molecule has 94 valence electrons. The Morgan fingerprint density at radius 2 is 2.33 bits per heavy atom. The zero-order valence-electron chi connectivity index (χ0n) is 9.50. The van der Waals surface area contributed by atoms with Gasteiger partial charge in [0.25, 0.3) is 5.91 Å². The van der Waals surface area contributed by atoms with Crippen LogP contribution in [0.1, 0.15) is 23.4 Å². The number of aryl methyl sites for hydroxylation is 1. The Labute approximate surface area is 116 Å². The summed E-state index contributed by atoms with van der Waals surface area (Å²) in [5, 5.41) is 9.10. The Hall–Kier alpha value is -1.51. The molecule has 7 heteroatoms. The van der Waals surface area contributed by atoms with Gasteiger partial charge in [0.05, 0.1) is 5.69 Å². The van der Waals surface area contributed by atoms with Crippen molar-refractivity contribution in [3.8, 4) is 0 Å². The number of nitrogens with one attached hydrogen (secondary N) is 2. The van der Waals surface area contributed by atoms with Crippen molar-refractivity contribution in [1.29, 1.82) is 0 Å². The van der Waals surface area contributed by atoms with Gasteiger partial charge in [-0.05, 0) is 40.8 Å². The Balaban J connectivity index is 2.16. The predicted molar refractivity (Wildman–Crippen MR) is 72.8 cm³/mol. The summed E-state index contributed by atoms with van der Waals surface area (Å²) in [6.07, 6.45) is 0.675. The normalized spacial score (nSPS) is 10.4. The van der Waals surface area contributed by atoms with Crippen LogP contribution < -0.4 is 5.32 Å². The van der Waals surface area contributed by atoms with Crippen molar-refractivity contribution in [2.45, 2.75) is 13.3 Å². The predicted octanol–water partition coefficient (Wildman–Crippen LogP) is 2.36. The number of anilines is 1. The fourth-order valence-electron chi connectivity index (χ4n) is 1.32. The van der Waals surface area contributed by atoms with E-state index in [-0.39, 0.29) is 11.6 Å². The lowest BCUT2D eigenvalue weighted by molar-refractivity contribution is 0.101. The van der Waals surface area contributed by atoms with E-state index in [1.54, 1.807) is 0 Å². The molecule has 0 aliphatic rings. The standard InChI is InChI=1S/C11H10FIN4O/c1-2-9-15-10(17-16-9)11(18)14-8-4-3-6(12)5-7(8)13/h3-5H,2H2,1H3,(H,14,18)(H,15,16,17). The number of hydrogen-bond donors (Lipinski definition) is 2. The average Bonchev–Trinajstić information content (AvgIpc) is 2.81. The van der Waals surface area contributed by atoms with Crippen LogP contribution in [0.3, 0.4) is 0 Å². The van der Waals surface area contributed by atoms with Crippen LogP contribution in [0.5, 0.6) is 0 Å². The van der Waals surface area contributed by atoms with Gasteiger partial charge in [-0.25, -0.2) is 9.37 Å². The summed E-state index contributed by atoms with van der Waals surface area (Å²) in [4.78, 5) is 15.8. The first kappa shape index (κ1) is 12.9. The second-order valence-electron chi connectivity index (χ2n) is 3.54. The molecule has 18 heavy (non-hydrogen) atoms. The number of halogens is 2. The van der Waals surface area contributed by atoms with Gasteiger partial charge in [-0.15, -0.1) is 5.10 Å². The van der Waals surface area contributed by atoms with Gasteiger partial charge in [0, 0.05) is 9.99 Å². The van der Waals surface area contributed by atoms with Gasteiger partial charge < -0.3 is 5.32 Å². The Morgan fingerprint density at radius 1 is 1.56 bits per heavy atom. The van der Waals surface area contributed by atoms with Crippen LogP contribution >= 0.6 is 22.6 Å². The van der Waals surface area contributed by atoms with Gasteiger partial charge in [-0.3, -0.25) is 9.89 Å². The Kier molecular flexibility index (Phi) is 3.90. The fourth-order valence-corrected chi connectivity index (χ4v) is 1.94.